The lowest BCUT2D eigenvalue weighted by atomic mass is 9.98. The van der Waals surface area contributed by atoms with E-state index >= 15 is 0 Å². The van der Waals surface area contributed by atoms with E-state index < -0.39 is 11.9 Å². The second-order valence-electron chi connectivity index (χ2n) is 4.36. The number of hydrogen-bond acceptors (Lipinski definition) is 2. The van der Waals surface area contributed by atoms with E-state index in [1.54, 1.807) is 6.07 Å². The van der Waals surface area contributed by atoms with Crippen LogP contribution in [0.5, 0.6) is 0 Å². The van der Waals surface area contributed by atoms with Crippen LogP contribution in [0.3, 0.4) is 0 Å². The summed E-state index contributed by atoms with van der Waals surface area (Å²) in [6.07, 6.45) is 0.767. The van der Waals surface area contributed by atoms with Gasteiger partial charge in [-0.1, -0.05) is 36.2 Å². The number of hydrogen-bond donors (Lipinski definition) is 2. The van der Waals surface area contributed by atoms with Gasteiger partial charge in [0.15, 0.2) is 0 Å². The lowest BCUT2D eigenvalue weighted by Crippen LogP contribution is -2.48. The first-order valence-corrected chi connectivity index (χ1v) is 7.79. The standard InChI is InChI=1S/C13H16BrIN2O2/c1-3-7(2)11(12(16)18)17-13(19)9-6-8(14)4-5-10(9)15/h4-7,11H,3H2,1-2H3,(H2,16,18)(H,17,19). The predicted octanol–water partition coefficient (Wildman–Crippen LogP) is 2.68. The lowest BCUT2D eigenvalue weighted by molar-refractivity contribution is -0.120. The first kappa shape index (κ1) is 16.4. The van der Waals surface area contributed by atoms with Crippen molar-refractivity contribution < 1.29 is 9.59 Å². The highest BCUT2D eigenvalue weighted by atomic mass is 127. The van der Waals surface area contributed by atoms with Gasteiger partial charge >= 0.3 is 0 Å². The van der Waals surface area contributed by atoms with Crippen LogP contribution in [-0.4, -0.2) is 17.9 Å². The largest absolute Gasteiger partial charge is 0.368 e. The Kier molecular flexibility index (Phi) is 6.25. The molecule has 0 radical (unpaired) electrons. The summed E-state index contributed by atoms with van der Waals surface area (Å²) in [7, 11) is 0. The molecule has 0 aromatic heterocycles. The molecule has 0 heterocycles. The summed E-state index contributed by atoms with van der Waals surface area (Å²) >= 11 is 5.41. The molecule has 0 bridgehead atoms. The van der Waals surface area contributed by atoms with Gasteiger partial charge in [0, 0.05) is 8.04 Å². The molecular weight excluding hydrogens is 423 g/mol. The Labute approximate surface area is 134 Å². The number of rotatable bonds is 5. The highest BCUT2D eigenvalue weighted by Crippen LogP contribution is 2.19. The van der Waals surface area contributed by atoms with Crippen LogP contribution >= 0.6 is 38.5 Å². The van der Waals surface area contributed by atoms with Crippen molar-refractivity contribution in [2.24, 2.45) is 11.7 Å². The Balaban J connectivity index is 2.94. The quantitative estimate of drug-likeness (QED) is 0.693. The van der Waals surface area contributed by atoms with Crippen LogP contribution in [0.4, 0.5) is 0 Å². The summed E-state index contributed by atoms with van der Waals surface area (Å²) in [6.45, 7) is 3.84. The minimum Gasteiger partial charge on any atom is -0.368 e. The molecule has 2 unspecified atom stereocenters. The van der Waals surface area contributed by atoms with Gasteiger partial charge in [0.25, 0.3) is 5.91 Å². The van der Waals surface area contributed by atoms with Crippen LogP contribution in [0.1, 0.15) is 30.6 Å². The van der Waals surface area contributed by atoms with Crippen molar-refractivity contribution in [1.82, 2.24) is 5.32 Å². The summed E-state index contributed by atoms with van der Waals surface area (Å²) in [6, 6.07) is 4.78. The Morgan fingerprint density at radius 3 is 2.63 bits per heavy atom. The second-order valence-corrected chi connectivity index (χ2v) is 6.44. The third-order valence-electron chi connectivity index (χ3n) is 2.98. The normalized spacial score (nSPS) is 13.7. The Bertz CT molecular complexity index is 494. The van der Waals surface area contributed by atoms with Gasteiger partial charge in [0.1, 0.15) is 6.04 Å². The van der Waals surface area contributed by atoms with Crippen LogP contribution in [-0.2, 0) is 4.79 Å². The van der Waals surface area contributed by atoms with Crippen LogP contribution in [0, 0.1) is 9.49 Å². The first-order valence-electron chi connectivity index (χ1n) is 5.92. The summed E-state index contributed by atoms with van der Waals surface area (Å²) in [5.41, 5.74) is 5.87. The number of amides is 2. The summed E-state index contributed by atoms with van der Waals surface area (Å²) < 4.78 is 1.64. The van der Waals surface area contributed by atoms with Gasteiger partial charge in [0.2, 0.25) is 5.91 Å². The van der Waals surface area contributed by atoms with Gasteiger partial charge in [-0.25, -0.2) is 0 Å². The average Bonchev–Trinajstić information content (AvgIpc) is 2.37. The maximum atomic E-state index is 12.2. The molecule has 19 heavy (non-hydrogen) atoms. The van der Waals surface area contributed by atoms with Crippen molar-refractivity contribution in [2.45, 2.75) is 26.3 Å². The van der Waals surface area contributed by atoms with E-state index in [0.29, 0.717) is 5.56 Å². The number of carbonyl (C=O) groups excluding carboxylic acids is 2. The Morgan fingerprint density at radius 1 is 1.47 bits per heavy atom. The number of carbonyl (C=O) groups is 2. The van der Waals surface area contributed by atoms with E-state index in [4.69, 9.17) is 5.73 Å². The summed E-state index contributed by atoms with van der Waals surface area (Å²) in [5, 5.41) is 2.71. The zero-order valence-electron chi connectivity index (χ0n) is 10.7. The molecule has 0 aliphatic heterocycles. The highest BCUT2D eigenvalue weighted by molar-refractivity contribution is 14.1. The van der Waals surface area contributed by atoms with Gasteiger partial charge < -0.3 is 11.1 Å². The second kappa shape index (κ2) is 7.23. The number of nitrogens with one attached hydrogen (secondary N) is 1. The third kappa shape index (κ3) is 4.45. The lowest BCUT2D eigenvalue weighted by Gasteiger charge is -2.21. The molecule has 0 saturated carbocycles. The molecule has 0 saturated heterocycles. The van der Waals surface area contributed by atoms with Crippen molar-refractivity contribution in [3.8, 4) is 0 Å². The molecule has 1 aromatic rings. The van der Waals surface area contributed by atoms with Crippen molar-refractivity contribution in [3.05, 3.63) is 31.8 Å². The van der Waals surface area contributed by atoms with E-state index in [-0.39, 0.29) is 11.8 Å². The zero-order chi connectivity index (χ0) is 14.6. The molecule has 1 rings (SSSR count). The van der Waals surface area contributed by atoms with E-state index in [9.17, 15) is 9.59 Å². The van der Waals surface area contributed by atoms with Crippen LogP contribution in [0.15, 0.2) is 22.7 Å². The molecule has 4 nitrogen and oxygen atoms in total. The van der Waals surface area contributed by atoms with Gasteiger partial charge in [-0.3, -0.25) is 9.59 Å². The number of nitrogens with two attached hydrogens (primary N) is 1. The minimum atomic E-state index is -0.646. The summed E-state index contributed by atoms with van der Waals surface area (Å²) in [5.74, 6) is -0.784. The van der Waals surface area contributed by atoms with Crippen molar-refractivity contribution in [2.75, 3.05) is 0 Å². The number of primary amides is 1. The Hall–Kier alpha value is -0.630. The van der Waals surface area contributed by atoms with Crippen LogP contribution in [0.25, 0.3) is 0 Å². The van der Waals surface area contributed by atoms with Crippen molar-refractivity contribution in [3.63, 3.8) is 0 Å². The molecule has 0 spiro atoms. The molecule has 6 heteroatoms. The predicted molar refractivity (Wildman–Crippen MR) is 86.8 cm³/mol. The molecule has 1 aromatic carbocycles. The smallest absolute Gasteiger partial charge is 0.253 e. The van der Waals surface area contributed by atoms with Crippen LogP contribution < -0.4 is 11.1 Å². The van der Waals surface area contributed by atoms with Crippen LogP contribution in [0.2, 0.25) is 0 Å². The topological polar surface area (TPSA) is 72.2 Å². The molecule has 3 N–H and O–H groups in total. The van der Waals surface area contributed by atoms with Gasteiger partial charge in [0.05, 0.1) is 5.56 Å². The van der Waals surface area contributed by atoms with E-state index in [2.05, 4.69) is 43.8 Å². The van der Waals surface area contributed by atoms with Gasteiger partial charge in [-0.15, -0.1) is 0 Å². The maximum absolute atomic E-state index is 12.2. The molecule has 0 aliphatic rings. The van der Waals surface area contributed by atoms with Crippen molar-refractivity contribution in [1.29, 1.82) is 0 Å². The molecule has 2 amide bonds. The fourth-order valence-electron chi connectivity index (χ4n) is 1.62. The molecule has 2 atom stereocenters. The SMILES string of the molecule is CCC(C)C(NC(=O)c1cc(Br)ccc1I)C(N)=O. The molecular formula is C13H16BrIN2O2. The molecule has 0 fully saturated rings. The van der Waals surface area contributed by atoms with Crippen molar-refractivity contribution >= 4 is 50.3 Å². The van der Waals surface area contributed by atoms with E-state index in [0.717, 1.165) is 14.5 Å². The average molecular weight is 439 g/mol. The van der Waals surface area contributed by atoms with E-state index in [1.165, 1.54) is 0 Å². The monoisotopic (exact) mass is 438 g/mol. The Morgan fingerprint density at radius 2 is 2.11 bits per heavy atom. The summed E-state index contributed by atoms with van der Waals surface area (Å²) in [4.78, 5) is 23.6. The van der Waals surface area contributed by atoms with Gasteiger partial charge in [-0.05, 0) is 46.7 Å². The fraction of sp³-hybridized carbons (Fsp3) is 0.385. The zero-order valence-corrected chi connectivity index (χ0v) is 14.5. The van der Waals surface area contributed by atoms with Gasteiger partial charge in [-0.2, -0.15) is 0 Å². The highest BCUT2D eigenvalue weighted by Gasteiger charge is 2.24. The molecule has 0 aliphatic carbocycles. The minimum absolute atomic E-state index is 0.00580. The molecule has 104 valence electrons. The van der Waals surface area contributed by atoms with E-state index in [1.807, 2.05) is 26.0 Å². The maximum Gasteiger partial charge on any atom is 0.253 e. The third-order valence-corrected chi connectivity index (χ3v) is 4.41. The first-order chi connectivity index (χ1) is 8.86. The number of halogens is 2. The number of benzene rings is 1. The fourth-order valence-corrected chi connectivity index (χ4v) is 2.56.